The number of benzene rings is 2. The average Bonchev–Trinajstić information content (AvgIpc) is 2.43. The average molecular weight is 271 g/mol. The zero-order chi connectivity index (χ0) is 14.4. The van der Waals surface area contributed by atoms with E-state index < -0.39 is 6.09 Å². The van der Waals surface area contributed by atoms with E-state index >= 15 is 0 Å². The molecule has 2 rings (SSSR count). The van der Waals surface area contributed by atoms with Gasteiger partial charge in [0.1, 0.15) is 11.5 Å². The maximum atomic E-state index is 11.8. The van der Waals surface area contributed by atoms with Crippen LogP contribution in [0.3, 0.4) is 0 Å². The Balaban J connectivity index is 2.01. The number of para-hydroxylation sites is 1. The molecule has 104 valence electrons. The van der Waals surface area contributed by atoms with E-state index in [1.54, 1.807) is 18.2 Å². The molecule has 1 amide bonds. The number of hydrogen-bond acceptors (Lipinski definition) is 3. The van der Waals surface area contributed by atoms with Crippen molar-refractivity contribution in [3.05, 3.63) is 54.1 Å². The fourth-order valence-electron chi connectivity index (χ4n) is 1.76. The van der Waals surface area contributed by atoms with Crippen molar-refractivity contribution >= 4 is 11.8 Å². The van der Waals surface area contributed by atoms with E-state index in [1.807, 2.05) is 44.2 Å². The largest absolute Gasteiger partial charge is 0.494 e. The van der Waals surface area contributed by atoms with E-state index in [9.17, 15) is 4.79 Å². The Kier molecular flexibility index (Phi) is 4.60. The van der Waals surface area contributed by atoms with E-state index in [-0.39, 0.29) is 0 Å². The van der Waals surface area contributed by atoms with Crippen LogP contribution in [0.25, 0.3) is 0 Å². The standard InChI is InChI=1S/C16H17NO3/c1-3-19-14-9-10-15(12(2)11-14)17-16(18)20-13-7-5-4-6-8-13/h4-11H,3H2,1-2H3,(H,17,18). The number of ether oxygens (including phenoxy) is 2. The van der Waals surface area contributed by atoms with Gasteiger partial charge in [-0.05, 0) is 49.7 Å². The second-order valence-corrected chi connectivity index (χ2v) is 4.24. The molecule has 2 aromatic rings. The molecule has 4 heteroatoms. The monoisotopic (exact) mass is 271 g/mol. The molecule has 0 radical (unpaired) electrons. The minimum absolute atomic E-state index is 0.508. The van der Waals surface area contributed by atoms with Crippen LogP contribution in [0.2, 0.25) is 0 Å². The molecule has 0 saturated carbocycles. The summed E-state index contributed by atoms with van der Waals surface area (Å²) in [7, 11) is 0. The van der Waals surface area contributed by atoms with Gasteiger partial charge in [0.05, 0.1) is 6.61 Å². The van der Waals surface area contributed by atoms with Gasteiger partial charge in [0.25, 0.3) is 0 Å². The highest BCUT2D eigenvalue weighted by molar-refractivity contribution is 5.87. The van der Waals surface area contributed by atoms with Crippen LogP contribution < -0.4 is 14.8 Å². The number of carbonyl (C=O) groups is 1. The highest BCUT2D eigenvalue weighted by Crippen LogP contribution is 2.21. The van der Waals surface area contributed by atoms with E-state index in [0.29, 0.717) is 18.0 Å². The molecule has 0 heterocycles. The Bertz CT molecular complexity index is 582. The van der Waals surface area contributed by atoms with Crippen LogP contribution >= 0.6 is 0 Å². The fourth-order valence-corrected chi connectivity index (χ4v) is 1.76. The Labute approximate surface area is 118 Å². The van der Waals surface area contributed by atoms with E-state index in [0.717, 1.165) is 11.3 Å². The molecule has 0 aliphatic heterocycles. The van der Waals surface area contributed by atoms with Crippen LogP contribution in [-0.2, 0) is 0 Å². The predicted molar refractivity (Wildman–Crippen MR) is 78.4 cm³/mol. The third-order valence-corrected chi connectivity index (χ3v) is 2.70. The molecule has 1 N–H and O–H groups in total. The summed E-state index contributed by atoms with van der Waals surface area (Å²) in [6.45, 7) is 4.45. The molecular weight excluding hydrogens is 254 g/mol. The Morgan fingerprint density at radius 3 is 2.50 bits per heavy atom. The van der Waals surface area contributed by atoms with Crippen molar-refractivity contribution in [3.63, 3.8) is 0 Å². The Morgan fingerprint density at radius 2 is 1.85 bits per heavy atom. The minimum Gasteiger partial charge on any atom is -0.494 e. The first-order valence-corrected chi connectivity index (χ1v) is 6.46. The first kappa shape index (κ1) is 13.9. The lowest BCUT2D eigenvalue weighted by Crippen LogP contribution is -2.17. The van der Waals surface area contributed by atoms with Crippen molar-refractivity contribution in [1.29, 1.82) is 0 Å². The van der Waals surface area contributed by atoms with Crippen LogP contribution in [0.15, 0.2) is 48.5 Å². The van der Waals surface area contributed by atoms with Gasteiger partial charge >= 0.3 is 6.09 Å². The zero-order valence-electron chi connectivity index (χ0n) is 11.6. The summed E-state index contributed by atoms with van der Waals surface area (Å²) in [4.78, 5) is 11.8. The lowest BCUT2D eigenvalue weighted by molar-refractivity contribution is 0.215. The number of carbonyl (C=O) groups excluding carboxylic acids is 1. The van der Waals surface area contributed by atoms with Crippen LogP contribution in [0.5, 0.6) is 11.5 Å². The van der Waals surface area contributed by atoms with Crippen molar-refractivity contribution in [2.24, 2.45) is 0 Å². The lowest BCUT2D eigenvalue weighted by atomic mass is 10.2. The molecule has 0 aliphatic carbocycles. The third kappa shape index (κ3) is 3.75. The quantitative estimate of drug-likeness (QED) is 0.914. The molecule has 0 fully saturated rings. The van der Waals surface area contributed by atoms with Gasteiger partial charge in [0.2, 0.25) is 0 Å². The second-order valence-electron chi connectivity index (χ2n) is 4.24. The van der Waals surface area contributed by atoms with Crippen LogP contribution in [0.4, 0.5) is 10.5 Å². The summed E-state index contributed by atoms with van der Waals surface area (Å²) >= 11 is 0. The van der Waals surface area contributed by atoms with E-state index in [2.05, 4.69) is 5.32 Å². The molecule has 0 bridgehead atoms. The normalized spacial score (nSPS) is 9.90. The summed E-state index contributed by atoms with van der Waals surface area (Å²) in [5, 5.41) is 2.71. The van der Waals surface area contributed by atoms with Gasteiger partial charge in [-0.1, -0.05) is 18.2 Å². The fraction of sp³-hybridized carbons (Fsp3) is 0.188. The molecule has 0 atom stereocenters. The van der Waals surface area contributed by atoms with Gasteiger partial charge in [-0.2, -0.15) is 0 Å². The second kappa shape index (κ2) is 6.61. The van der Waals surface area contributed by atoms with Crippen molar-refractivity contribution in [3.8, 4) is 11.5 Å². The summed E-state index contributed by atoms with van der Waals surface area (Å²) in [6.07, 6.45) is -0.511. The van der Waals surface area contributed by atoms with Gasteiger partial charge in [-0.25, -0.2) is 4.79 Å². The number of anilines is 1. The molecule has 0 spiro atoms. The summed E-state index contributed by atoms with van der Waals surface area (Å²) in [5.74, 6) is 1.29. The topological polar surface area (TPSA) is 47.6 Å². The summed E-state index contributed by atoms with van der Waals surface area (Å²) in [5.41, 5.74) is 1.62. The minimum atomic E-state index is -0.511. The predicted octanol–water partition coefficient (Wildman–Crippen LogP) is 4.00. The van der Waals surface area contributed by atoms with Crippen molar-refractivity contribution in [2.75, 3.05) is 11.9 Å². The van der Waals surface area contributed by atoms with E-state index in [4.69, 9.17) is 9.47 Å². The first-order valence-electron chi connectivity index (χ1n) is 6.46. The molecule has 4 nitrogen and oxygen atoms in total. The van der Waals surface area contributed by atoms with Gasteiger partial charge in [-0.15, -0.1) is 0 Å². The Hall–Kier alpha value is -2.49. The maximum absolute atomic E-state index is 11.8. The number of nitrogens with one attached hydrogen (secondary N) is 1. The van der Waals surface area contributed by atoms with Gasteiger partial charge in [-0.3, -0.25) is 5.32 Å². The van der Waals surface area contributed by atoms with Crippen molar-refractivity contribution < 1.29 is 14.3 Å². The molecule has 0 unspecified atom stereocenters. The summed E-state index contributed by atoms with van der Waals surface area (Å²) < 4.78 is 10.6. The van der Waals surface area contributed by atoms with Gasteiger partial charge in [0.15, 0.2) is 0 Å². The number of amides is 1. The van der Waals surface area contributed by atoms with E-state index in [1.165, 1.54) is 0 Å². The maximum Gasteiger partial charge on any atom is 0.417 e. The SMILES string of the molecule is CCOc1ccc(NC(=O)Oc2ccccc2)c(C)c1. The summed E-state index contributed by atoms with van der Waals surface area (Å²) in [6, 6.07) is 14.4. The molecule has 0 aromatic heterocycles. The van der Waals surface area contributed by atoms with Crippen LogP contribution in [-0.4, -0.2) is 12.7 Å². The third-order valence-electron chi connectivity index (χ3n) is 2.70. The lowest BCUT2D eigenvalue weighted by Gasteiger charge is -2.10. The zero-order valence-corrected chi connectivity index (χ0v) is 11.6. The molecule has 0 aliphatic rings. The number of aryl methyl sites for hydroxylation is 1. The number of hydrogen-bond donors (Lipinski definition) is 1. The Morgan fingerprint density at radius 1 is 1.10 bits per heavy atom. The molecular formula is C16H17NO3. The smallest absolute Gasteiger partial charge is 0.417 e. The highest BCUT2D eigenvalue weighted by Gasteiger charge is 2.07. The van der Waals surface area contributed by atoms with Gasteiger partial charge < -0.3 is 9.47 Å². The molecule has 20 heavy (non-hydrogen) atoms. The first-order chi connectivity index (χ1) is 9.69. The number of rotatable bonds is 4. The molecule has 2 aromatic carbocycles. The van der Waals surface area contributed by atoms with Gasteiger partial charge in [0, 0.05) is 5.69 Å². The highest BCUT2D eigenvalue weighted by atomic mass is 16.6. The van der Waals surface area contributed by atoms with Crippen molar-refractivity contribution in [1.82, 2.24) is 0 Å². The van der Waals surface area contributed by atoms with Crippen molar-refractivity contribution in [2.45, 2.75) is 13.8 Å². The molecule has 0 saturated heterocycles. The van der Waals surface area contributed by atoms with Crippen LogP contribution in [0.1, 0.15) is 12.5 Å². The van der Waals surface area contributed by atoms with Crippen LogP contribution in [0, 0.1) is 6.92 Å².